The van der Waals surface area contributed by atoms with Crippen molar-refractivity contribution >= 4 is 0 Å². The Balaban J connectivity index is 3.21. The molecule has 46 valence electrons. The second kappa shape index (κ2) is 1.04. The highest BCUT2D eigenvalue weighted by Crippen LogP contribution is 1.70. The maximum Gasteiger partial charge on any atom is 0.467 e. The molecule has 2 aromatic rings. The van der Waals surface area contributed by atoms with Crippen molar-refractivity contribution in [1.82, 2.24) is 14.4 Å². The first kappa shape index (κ1) is 4.30. The summed E-state index contributed by atoms with van der Waals surface area (Å²) in [6.45, 7) is 0. The summed E-state index contributed by atoms with van der Waals surface area (Å²) in [5.74, 6) is -0.683. The van der Waals surface area contributed by atoms with Crippen molar-refractivity contribution in [2.45, 2.75) is 0 Å². The first-order valence-electron chi connectivity index (χ1n) is 2.19. The first-order chi connectivity index (χ1) is 4.29. The monoisotopic (exact) mass is 127 g/mol. The third kappa shape index (κ3) is 0.331. The van der Waals surface area contributed by atoms with Crippen LogP contribution in [0.2, 0.25) is 0 Å². The Morgan fingerprint density at radius 1 is 1.56 bits per heavy atom. The van der Waals surface area contributed by atoms with E-state index in [1.807, 2.05) is 0 Å². The first-order valence-corrected chi connectivity index (χ1v) is 2.19. The van der Waals surface area contributed by atoms with E-state index in [0.29, 0.717) is 0 Å². The van der Waals surface area contributed by atoms with Crippen LogP contribution in [0, 0.1) is 0 Å². The number of hydrogen-bond acceptors (Lipinski definition) is 4. The van der Waals surface area contributed by atoms with Gasteiger partial charge >= 0.3 is 5.76 Å². The minimum atomic E-state index is -0.683. The molecule has 0 aliphatic carbocycles. The van der Waals surface area contributed by atoms with Gasteiger partial charge < -0.3 is 0 Å². The maximum atomic E-state index is 10.5. The number of rotatable bonds is 0. The molecule has 0 unspecified atom stereocenters. The summed E-state index contributed by atoms with van der Waals surface area (Å²) in [5.41, 5.74) is -0.466. The molecule has 9 heavy (non-hydrogen) atoms. The summed E-state index contributed by atoms with van der Waals surface area (Å²) in [5, 5.41) is 3.38. The van der Waals surface area contributed by atoms with Crippen LogP contribution >= 0.6 is 0 Å². The van der Waals surface area contributed by atoms with Crippen LogP contribution in [0.3, 0.4) is 0 Å². The van der Waals surface area contributed by atoms with Gasteiger partial charge in [0.25, 0.3) is 5.56 Å². The van der Waals surface area contributed by atoms with Crippen molar-refractivity contribution in [3.8, 4) is 0 Å². The Hall–Kier alpha value is -1.59. The topological polar surface area (TPSA) is 69.0 Å². The largest absolute Gasteiger partial charge is 0.467 e. The Morgan fingerprint density at radius 3 is 2.78 bits per heavy atom. The summed E-state index contributed by atoms with van der Waals surface area (Å²) in [6, 6.07) is 0. The highest BCUT2D eigenvalue weighted by Gasteiger charge is 2.07. The van der Waals surface area contributed by atoms with E-state index < -0.39 is 11.3 Å². The number of fused-ring (bicyclic) bond motifs is 1. The van der Waals surface area contributed by atoms with Crippen LogP contribution in [0.5, 0.6) is 0 Å². The van der Waals surface area contributed by atoms with Crippen LogP contribution in [0.25, 0.3) is 0 Å². The van der Waals surface area contributed by atoms with E-state index in [1.54, 1.807) is 0 Å². The van der Waals surface area contributed by atoms with Gasteiger partial charge in [-0.1, -0.05) is 4.52 Å². The van der Waals surface area contributed by atoms with Gasteiger partial charge in [0.05, 0.1) is 0 Å². The van der Waals surface area contributed by atoms with E-state index in [2.05, 4.69) is 9.62 Å². The molecule has 0 aromatic carbocycles. The van der Waals surface area contributed by atoms with E-state index in [9.17, 15) is 9.59 Å². The Kier molecular flexibility index (Phi) is 0.499. The fraction of sp³-hybridized carbons (Fsp3) is 0. The average Bonchev–Trinajstić information content (AvgIpc) is 2.04. The number of aromatic nitrogens is 3. The molecule has 2 aromatic heterocycles. The molecule has 6 heteroatoms. The summed E-state index contributed by atoms with van der Waals surface area (Å²) < 4.78 is 5.01. The molecule has 0 amide bonds. The van der Waals surface area contributed by atoms with E-state index in [1.165, 1.54) is 0 Å². The minimum Gasteiger partial charge on any atom is -0.280 e. The zero-order chi connectivity index (χ0) is 6.43. The molecule has 0 aliphatic heterocycles. The van der Waals surface area contributed by atoms with Crippen LogP contribution in [-0.2, 0) is 0 Å². The van der Waals surface area contributed by atoms with Gasteiger partial charge in [0.1, 0.15) is 6.20 Å². The Morgan fingerprint density at radius 2 is 2.33 bits per heavy atom. The van der Waals surface area contributed by atoms with Gasteiger partial charge in [-0.15, -0.1) is 5.10 Å². The zero-order valence-electron chi connectivity index (χ0n) is 4.14. The summed E-state index contributed by atoms with van der Waals surface area (Å²) in [4.78, 5) is 21.6. The highest BCUT2D eigenvalue weighted by atomic mass is 16.6. The van der Waals surface area contributed by atoms with E-state index >= 15 is 0 Å². The van der Waals surface area contributed by atoms with E-state index in [4.69, 9.17) is 0 Å². The lowest BCUT2D eigenvalue weighted by molar-refractivity contribution is 0.141. The molecule has 2 rings (SSSR count). The Bertz CT molecular complexity index is 420. The fourth-order valence-electron chi connectivity index (χ4n) is 0.589. The molecule has 0 saturated heterocycles. The lowest BCUT2D eigenvalue weighted by Crippen LogP contribution is -2.32. The average molecular weight is 127 g/mol. The smallest absolute Gasteiger partial charge is 0.280 e. The van der Waals surface area contributed by atoms with Crippen molar-refractivity contribution in [2.24, 2.45) is 0 Å². The molecule has 0 atom stereocenters. The van der Waals surface area contributed by atoms with Gasteiger partial charge in [0.15, 0.2) is 0 Å². The van der Waals surface area contributed by atoms with Gasteiger partial charge in [0, 0.05) is 0 Å². The lowest BCUT2D eigenvalue weighted by Gasteiger charge is -1.89. The van der Waals surface area contributed by atoms with Crippen molar-refractivity contribution < 1.29 is 4.52 Å². The quantitative estimate of drug-likeness (QED) is 0.418. The van der Waals surface area contributed by atoms with Gasteiger partial charge in [-0.3, -0.25) is 9.32 Å². The van der Waals surface area contributed by atoms with E-state index in [-0.39, 0.29) is 0 Å². The normalized spacial score (nSPS) is 11.1. The molecule has 6 nitrogen and oxygen atoms in total. The van der Waals surface area contributed by atoms with Crippen molar-refractivity contribution in [1.29, 1.82) is 0 Å². The summed E-state index contributed by atoms with van der Waals surface area (Å²) in [7, 11) is 0. The molecule has 0 fully saturated rings. The molecule has 0 N–H and O–H groups in total. The minimum absolute atomic E-state index is 0.466. The second-order valence-electron chi connectivity index (χ2n) is 1.50. The standard InChI is InChI=1S/C3HN3O3/c7-2-1-4-6-5(2)3(8)9-6/h1H. The predicted molar refractivity (Wildman–Crippen MR) is 24.6 cm³/mol. The SMILES string of the molecule is O=c1cnn2oc(=O)n12. The highest BCUT2D eigenvalue weighted by molar-refractivity contribution is 4.70. The lowest BCUT2D eigenvalue weighted by atomic mass is 10.9. The second-order valence-corrected chi connectivity index (χ2v) is 1.50. The number of nitrogens with zero attached hydrogens (tertiary/aromatic N) is 3. The molecular formula is C3HN3O3. The van der Waals surface area contributed by atoms with Gasteiger partial charge in [-0.05, 0) is 4.80 Å². The molecule has 2 heterocycles. The Labute approximate surface area is 47.2 Å². The molecular weight excluding hydrogens is 126 g/mol. The van der Waals surface area contributed by atoms with E-state index in [0.717, 1.165) is 15.5 Å². The van der Waals surface area contributed by atoms with Crippen molar-refractivity contribution in [2.75, 3.05) is 0 Å². The fourth-order valence-corrected chi connectivity index (χ4v) is 0.589. The summed E-state index contributed by atoms with van der Waals surface area (Å²) in [6.07, 6.45) is 1.00. The van der Waals surface area contributed by atoms with Crippen LogP contribution in [0.4, 0.5) is 0 Å². The maximum absolute atomic E-state index is 10.5. The van der Waals surface area contributed by atoms with Crippen LogP contribution in [0.15, 0.2) is 20.3 Å². The third-order valence-corrected chi connectivity index (χ3v) is 0.979. The number of hydrogen-bond donors (Lipinski definition) is 0. The zero-order valence-corrected chi connectivity index (χ0v) is 4.14. The van der Waals surface area contributed by atoms with Gasteiger partial charge in [0.2, 0.25) is 0 Å². The van der Waals surface area contributed by atoms with Crippen LogP contribution in [0.1, 0.15) is 0 Å². The van der Waals surface area contributed by atoms with Crippen LogP contribution < -0.4 is 11.3 Å². The molecule has 0 spiro atoms. The predicted octanol–water partition coefficient (Wildman–Crippen LogP) is -1.82. The molecule has 0 radical (unpaired) electrons. The van der Waals surface area contributed by atoms with Crippen molar-refractivity contribution in [3.63, 3.8) is 0 Å². The van der Waals surface area contributed by atoms with Gasteiger partial charge in [-0.2, -0.15) is 0 Å². The third-order valence-electron chi connectivity index (χ3n) is 0.979. The summed E-state index contributed by atoms with van der Waals surface area (Å²) >= 11 is 0. The van der Waals surface area contributed by atoms with Crippen LogP contribution in [-0.4, -0.2) is 14.4 Å². The van der Waals surface area contributed by atoms with Gasteiger partial charge in [-0.25, -0.2) is 4.79 Å². The molecule has 0 bridgehead atoms. The molecule has 0 saturated carbocycles. The van der Waals surface area contributed by atoms with Crippen molar-refractivity contribution in [3.05, 3.63) is 27.1 Å². The molecule has 0 aliphatic rings.